The van der Waals surface area contributed by atoms with Gasteiger partial charge >= 0.3 is 6.03 Å². The molecule has 0 bridgehead atoms. The van der Waals surface area contributed by atoms with Gasteiger partial charge in [0.2, 0.25) is 5.91 Å². The van der Waals surface area contributed by atoms with Gasteiger partial charge in [0.25, 0.3) is 0 Å². The molecule has 2 aromatic rings. The first kappa shape index (κ1) is 20.7. The lowest BCUT2D eigenvalue weighted by molar-refractivity contribution is -0.135. The summed E-state index contributed by atoms with van der Waals surface area (Å²) in [6.45, 7) is 3.19. The minimum absolute atomic E-state index is 0.102. The molecule has 160 valence electrons. The highest BCUT2D eigenvalue weighted by Gasteiger charge is 2.42. The highest BCUT2D eigenvalue weighted by Crippen LogP contribution is 2.39. The van der Waals surface area contributed by atoms with Crippen molar-refractivity contribution in [1.29, 1.82) is 0 Å². The van der Waals surface area contributed by atoms with E-state index in [-0.39, 0.29) is 17.9 Å². The first-order valence-electron chi connectivity index (χ1n) is 10.4. The number of piperidine rings is 1. The van der Waals surface area contributed by atoms with Crippen molar-refractivity contribution in [2.24, 2.45) is 11.8 Å². The number of aromatic nitrogens is 2. The zero-order valence-corrected chi connectivity index (χ0v) is 18.2. The highest BCUT2D eigenvalue weighted by molar-refractivity contribution is 7.15. The summed E-state index contributed by atoms with van der Waals surface area (Å²) in [4.78, 5) is 39.4. The Morgan fingerprint density at radius 2 is 2.23 bits per heavy atom. The molecule has 1 saturated heterocycles. The number of nitrogens with one attached hydrogen (secondary N) is 1. The lowest BCUT2D eigenvalue weighted by atomic mass is 9.75. The Kier molecular flexibility index (Phi) is 6.01. The first-order valence-corrected chi connectivity index (χ1v) is 11.2. The van der Waals surface area contributed by atoms with E-state index >= 15 is 0 Å². The first-order chi connectivity index (χ1) is 14.5. The number of carbonyl (C=O) groups excluding carboxylic acids is 2. The van der Waals surface area contributed by atoms with Gasteiger partial charge in [-0.2, -0.15) is 0 Å². The fourth-order valence-electron chi connectivity index (χ4n) is 4.72. The van der Waals surface area contributed by atoms with Crippen LogP contribution in [0.25, 0.3) is 0 Å². The molecule has 0 radical (unpaired) electrons. The minimum Gasteiger partial charge on any atom is -0.375 e. The van der Waals surface area contributed by atoms with Crippen LogP contribution in [0.5, 0.6) is 0 Å². The number of pyridine rings is 1. The third-order valence-electron chi connectivity index (χ3n) is 6.19. The second-order valence-electron chi connectivity index (χ2n) is 8.13. The average molecular weight is 429 g/mol. The van der Waals surface area contributed by atoms with Crippen LogP contribution >= 0.6 is 11.3 Å². The fourth-order valence-corrected chi connectivity index (χ4v) is 5.63. The molecule has 2 aliphatic rings. The number of likely N-dealkylation sites (tertiary alicyclic amines) is 1. The maximum absolute atomic E-state index is 13.2. The molecule has 3 amide bonds. The summed E-state index contributed by atoms with van der Waals surface area (Å²) in [7, 11) is 2.07. The van der Waals surface area contributed by atoms with Gasteiger partial charge in [-0.25, -0.2) is 9.78 Å². The van der Waals surface area contributed by atoms with Crippen LogP contribution in [-0.2, 0) is 24.2 Å². The van der Waals surface area contributed by atoms with Gasteiger partial charge < -0.3 is 16.0 Å². The van der Waals surface area contributed by atoms with E-state index in [1.54, 1.807) is 23.7 Å². The van der Waals surface area contributed by atoms with Gasteiger partial charge in [-0.3, -0.25) is 14.7 Å². The van der Waals surface area contributed by atoms with E-state index < -0.39 is 0 Å². The Bertz CT molecular complexity index is 917. The maximum Gasteiger partial charge on any atom is 0.324 e. The number of likely N-dealkylation sites (N-methyl/N-ethyl adjacent to an activating group) is 1. The topological polar surface area (TPSA) is 104 Å². The Morgan fingerprint density at radius 3 is 2.97 bits per heavy atom. The average Bonchev–Trinajstić information content (AvgIpc) is 3.11. The Morgan fingerprint density at radius 1 is 1.40 bits per heavy atom. The molecule has 0 aromatic carbocycles. The molecule has 0 spiro atoms. The van der Waals surface area contributed by atoms with Gasteiger partial charge in [0.05, 0.1) is 11.6 Å². The van der Waals surface area contributed by atoms with Crippen molar-refractivity contribution in [1.82, 2.24) is 25.1 Å². The predicted octanol–water partition coefficient (Wildman–Crippen LogP) is 1.91. The highest BCUT2D eigenvalue weighted by atomic mass is 32.1. The number of amides is 3. The Labute approximate surface area is 180 Å². The maximum atomic E-state index is 13.2. The van der Waals surface area contributed by atoms with Crippen molar-refractivity contribution >= 4 is 28.4 Å². The van der Waals surface area contributed by atoms with Gasteiger partial charge in [-0.15, -0.1) is 11.3 Å². The van der Waals surface area contributed by atoms with E-state index in [0.29, 0.717) is 36.7 Å². The van der Waals surface area contributed by atoms with Crippen LogP contribution in [0.3, 0.4) is 0 Å². The van der Waals surface area contributed by atoms with Gasteiger partial charge in [0.1, 0.15) is 0 Å². The number of hydrogen-bond acceptors (Lipinski definition) is 7. The van der Waals surface area contributed by atoms with Crippen molar-refractivity contribution in [2.75, 3.05) is 25.9 Å². The second-order valence-corrected chi connectivity index (χ2v) is 9.25. The number of anilines is 1. The molecular formula is C21H28N6O2S. The van der Waals surface area contributed by atoms with Crippen LogP contribution in [0.1, 0.15) is 29.5 Å². The smallest absolute Gasteiger partial charge is 0.324 e. The number of nitrogens with zero attached hydrogens (tertiary/aromatic N) is 4. The van der Waals surface area contributed by atoms with E-state index in [1.807, 2.05) is 19.1 Å². The molecule has 0 saturated carbocycles. The van der Waals surface area contributed by atoms with Crippen molar-refractivity contribution in [2.45, 2.75) is 38.8 Å². The third-order valence-corrected chi connectivity index (χ3v) is 7.14. The molecule has 2 aromatic heterocycles. The van der Waals surface area contributed by atoms with Crippen LogP contribution in [0.4, 0.5) is 9.93 Å². The lowest BCUT2D eigenvalue weighted by Crippen LogP contribution is -2.55. The van der Waals surface area contributed by atoms with E-state index in [1.165, 1.54) is 9.78 Å². The number of nitrogen functional groups attached to an aromatic ring is 1. The molecule has 0 unspecified atom stereocenters. The molecule has 8 nitrogen and oxygen atoms in total. The third kappa shape index (κ3) is 4.17. The summed E-state index contributed by atoms with van der Waals surface area (Å²) in [5.41, 5.74) is 7.89. The van der Waals surface area contributed by atoms with Crippen molar-refractivity contribution in [3.63, 3.8) is 0 Å². The summed E-state index contributed by atoms with van der Waals surface area (Å²) in [5.74, 6) is 0.0526. The lowest BCUT2D eigenvalue weighted by Gasteiger charge is -2.45. The molecular weight excluding hydrogens is 400 g/mol. The monoisotopic (exact) mass is 428 g/mol. The van der Waals surface area contributed by atoms with Gasteiger partial charge in [0, 0.05) is 42.9 Å². The number of thiazole rings is 1. The number of rotatable bonds is 4. The fraction of sp³-hybridized carbons (Fsp3) is 0.524. The van der Waals surface area contributed by atoms with Gasteiger partial charge in [-0.05, 0) is 50.8 Å². The van der Waals surface area contributed by atoms with Gasteiger partial charge in [0.15, 0.2) is 5.13 Å². The van der Waals surface area contributed by atoms with Crippen LogP contribution in [-0.4, -0.2) is 57.9 Å². The van der Waals surface area contributed by atoms with Crippen LogP contribution < -0.4 is 11.1 Å². The quantitative estimate of drug-likeness (QED) is 0.771. The molecule has 3 N–H and O–H groups in total. The van der Waals surface area contributed by atoms with Gasteiger partial charge in [-0.1, -0.05) is 6.07 Å². The Hall–Kier alpha value is -2.52. The summed E-state index contributed by atoms with van der Waals surface area (Å²) in [6.07, 6.45) is 5.96. The SMILES string of the molecule is CCN(C(=O)NCc1cccnc1)C(=O)[C@@H]1C[C@@H]2Cc3nc(N)sc3C[C@H]2N(C)C1. The molecule has 4 rings (SSSR count). The molecule has 1 aliphatic heterocycles. The van der Waals surface area contributed by atoms with Crippen molar-refractivity contribution in [3.8, 4) is 0 Å². The van der Waals surface area contributed by atoms with E-state index in [0.717, 1.165) is 30.5 Å². The molecule has 9 heteroatoms. The summed E-state index contributed by atoms with van der Waals surface area (Å²) < 4.78 is 0. The Balaban J connectivity index is 1.41. The predicted molar refractivity (Wildman–Crippen MR) is 116 cm³/mol. The summed E-state index contributed by atoms with van der Waals surface area (Å²) in [5, 5.41) is 3.46. The minimum atomic E-state index is -0.352. The number of urea groups is 1. The summed E-state index contributed by atoms with van der Waals surface area (Å²) in [6, 6.07) is 3.76. The number of imide groups is 1. The molecule has 3 atom stereocenters. The van der Waals surface area contributed by atoms with Crippen LogP contribution in [0.15, 0.2) is 24.5 Å². The molecule has 1 aliphatic carbocycles. The molecule has 3 heterocycles. The standard InChI is InChI=1S/C21H28N6O2S/c1-3-27(21(29)24-11-13-5-4-6-23-10-13)19(28)15-7-14-8-16-18(30-20(22)25-16)9-17(14)26(2)12-15/h4-6,10,14-15,17H,3,7-9,11-12H2,1-2H3,(H2,22,25)(H,24,29)/t14-,15-,17-/m1/s1. The van der Waals surface area contributed by atoms with E-state index in [2.05, 4.69) is 27.2 Å². The number of carbonyl (C=O) groups is 2. The van der Waals surface area contributed by atoms with Crippen LogP contribution in [0, 0.1) is 11.8 Å². The van der Waals surface area contributed by atoms with Crippen molar-refractivity contribution in [3.05, 3.63) is 40.7 Å². The zero-order valence-electron chi connectivity index (χ0n) is 17.4. The van der Waals surface area contributed by atoms with E-state index in [9.17, 15) is 9.59 Å². The number of nitrogens with two attached hydrogens (primary N) is 1. The number of fused-ring (bicyclic) bond motifs is 2. The van der Waals surface area contributed by atoms with Crippen LogP contribution in [0.2, 0.25) is 0 Å². The largest absolute Gasteiger partial charge is 0.375 e. The zero-order chi connectivity index (χ0) is 21.3. The normalized spacial score (nSPS) is 23.3. The second kappa shape index (κ2) is 8.69. The molecule has 30 heavy (non-hydrogen) atoms. The van der Waals surface area contributed by atoms with Crippen molar-refractivity contribution < 1.29 is 9.59 Å². The summed E-state index contributed by atoms with van der Waals surface area (Å²) >= 11 is 1.58. The number of hydrogen-bond donors (Lipinski definition) is 2. The molecule has 1 fully saturated rings. The van der Waals surface area contributed by atoms with E-state index in [4.69, 9.17) is 5.73 Å².